The lowest BCUT2D eigenvalue weighted by molar-refractivity contribution is -0.274. The fraction of sp³-hybridized carbons (Fsp3) is 0.455. The average molecular weight is 545 g/mol. The molecule has 1 unspecified atom stereocenters. The largest absolute Gasteiger partial charge is 0.573 e. The summed E-state index contributed by atoms with van der Waals surface area (Å²) in [6.07, 6.45) is -8.65. The Morgan fingerprint density at radius 3 is 2.11 bits per heavy atom. The summed E-state index contributed by atoms with van der Waals surface area (Å²) < 4.78 is 102. The number of phosphoric ester groups is 1. The van der Waals surface area contributed by atoms with Gasteiger partial charge in [0.2, 0.25) is 0 Å². The van der Waals surface area contributed by atoms with Crippen molar-refractivity contribution in [2.75, 3.05) is 13.2 Å². The van der Waals surface area contributed by atoms with E-state index in [1.54, 1.807) is 0 Å². The Balaban J connectivity index is 1.94. The highest BCUT2D eigenvalue weighted by molar-refractivity contribution is 7.46. The number of rotatable bonds is 12. The fourth-order valence-corrected chi connectivity index (χ4v) is 3.59. The van der Waals surface area contributed by atoms with E-state index >= 15 is 0 Å². The fourth-order valence-electron chi connectivity index (χ4n) is 3.13. The minimum atomic E-state index is -4.80. The summed E-state index contributed by atoms with van der Waals surface area (Å²) in [5.74, 6) is -0.748. The SMILES string of the molecule is CC(N)(CCc1ccc(OCCCc2ccc(OC(F)(F)F)cc2)c(C(F)(F)F)c1)COP(=O)(O)O. The first-order valence-corrected chi connectivity index (χ1v) is 12.1. The van der Waals surface area contributed by atoms with Gasteiger partial charge in [0.05, 0.1) is 18.8 Å². The Hall–Kier alpha value is -2.31. The molecule has 0 radical (unpaired) electrons. The molecule has 0 amide bonds. The summed E-state index contributed by atoms with van der Waals surface area (Å²) in [6, 6.07) is 8.68. The lowest BCUT2D eigenvalue weighted by Gasteiger charge is -2.24. The third kappa shape index (κ3) is 11.2. The van der Waals surface area contributed by atoms with Crippen LogP contribution in [0.15, 0.2) is 42.5 Å². The lowest BCUT2D eigenvalue weighted by atomic mass is 9.94. The number of benzene rings is 2. The van der Waals surface area contributed by atoms with Gasteiger partial charge in [-0.15, -0.1) is 13.2 Å². The molecule has 0 spiro atoms. The van der Waals surface area contributed by atoms with Crippen molar-refractivity contribution in [1.82, 2.24) is 0 Å². The highest BCUT2D eigenvalue weighted by atomic mass is 31.2. The van der Waals surface area contributed by atoms with Crippen LogP contribution in [-0.4, -0.2) is 34.9 Å². The Bertz CT molecular complexity index is 1040. The Kier molecular flexibility index (Phi) is 9.83. The molecule has 0 aromatic heterocycles. The third-order valence-corrected chi connectivity index (χ3v) is 5.39. The molecule has 4 N–H and O–H groups in total. The van der Waals surface area contributed by atoms with Crippen molar-refractivity contribution in [2.24, 2.45) is 5.73 Å². The molecule has 0 aliphatic carbocycles. The van der Waals surface area contributed by atoms with Gasteiger partial charge in [0, 0.05) is 5.54 Å². The minimum Gasteiger partial charge on any atom is -0.493 e. The van der Waals surface area contributed by atoms with E-state index in [9.17, 15) is 30.9 Å². The average Bonchev–Trinajstić information content (AvgIpc) is 2.73. The van der Waals surface area contributed by atoms with E-state index in [1.807, 2.05) is 0 Å². The molecule has 2 rings (SSSR count). The molecule has 0 saturated carbocycles. The van der Waals surface area contributed by atoms with Crippen LogP contribution in [0.5, 0.6) is 11.5 Å². The number of ether oxygens (including phenoxy) is 2. The molecule has 0 aliphatic heterocycles. The number of hydrogen-bond acceptors (Lipinski definition) is 5. The molecule has 36 heavy (non-hydrogen) atoms. The number of aryl methyl sites for hydroxylation is 2. The maximum absolute atomic E-state index is 13.6. The summed E-state index contributed by atoms with van der Waals surface area (Å²) in [5.41, 5.74) is 4.70. The zero-order valence-corrected chi connectivity index (χ0v) is 20.0. The maximum Gasteiger partial charge on any atom is 0.573 e. The second-order valence-corrected chi connectivity index (χ2v) is 9.63. The van der Waals surface area contributed by atoms with E-state index in [0.29, 0.717) is 24.0 Å². The van der Waals surface area contributed by atoms with Crippen LogP contribution >= 0.6 is 7.82 Å². The highest BCUT2D eigenvalue weighted by Crippen LogP contribution is 2.38. The second-order valence-electron chi connectivity index (χ2n) is 8.39. The molecule has 14 heteroatoms. The van der Waals surface area contributed by atoms with Crippen molar-refractivity contribution in [3.8, 4) is 11.5 Å². The first-order chi connectivity index (χ1) is 16.4. The number of alkyl halides is 6. The van der Waals surface area contributed by atoms with Gasteiger partial charge in [0.25, 0.3) is 0 Å². The standard InChI is InChI=1S/C22H26F6NO6P/c1-20(29,14-34-36(30,31)32)11-10-16-6-9-19(18(13-16)21(23,24)25)33-12-2-3-15-4-7-17(8-5-15)35-22(26,27)28/h4-9,13H,2-3,10-12,14,29H2,1H3,(H2,30,31,32). The van der Waals surface area contributed by atoms with Gasteiger partial charge in [-0.25, -0.2) is 4.57 Å². The van der Waals surface area contributed by atoms with E-state index in [-0.39, 0.29) is 30.9 Å². The third-order valence-electron chi connectivity index (χ3n) is 4.92. The number of hydrogen-bond donors (Lipinski definition) is 3. The molecule has 1 atom stereocenters. The van der Waals surface area contributed by atoms with Crippen LogP contribution in [0.2, 0.25) is 0 Å². The zero-order chi connectivity index (χ0) is 27.2. The van der Waals surface area contributed by atoms with Crippen LogP contribution in [0, 0.1) is 0 Å². The van der Waals surface area contributed by atoms with Crippen LogP contribution < -0.4 is 15.2 Å². The van der Waals surface area contributed by atoms with E-state index < -0.39 is 38.1 Å². The second kappa shape index (κ2) is 11.8. The van der Waals surface area contributed by atoms with Gasteiger partial charge in [0.15, 0.2) is 0 Å². The van der Waals surface area contributed by atoms with Gasteiger partial charge in [-0.3, -0.25) is 4.52 Å². The Labute approximate surface area is 203 Å². The molecule has 2 aromatic carbocycles. The summed E-state index contributed by atoms with van der Waals surface area (Å²) in [6.45, 7) is 0.911. The summed E-state index contributed by atoms with van der Waals surface area (Å²) >= 11 is 0. The van der Waals surface area contributed by atoms with E-state index in [1.165, 1.54) is 31.2 Å². The van der Waals surface area contributed by atoms with Gasteiger partial charge >= 0.3 is 20.4 Å². The van der Waals surface area contributed by atoms with Gasteiger partial charge in [-0.2, -0.15) is 13.2 Å². The summed E-state index contributed by atoms with van der Waals surface area (Å²) in [4.78, 5) is 17.6. The quantitative estimate of drug-likeness (QED) is 0.187. The van der Waals surface area contributed by atoms with Gasteiger partial charge < -0.3 is 25.0 Å². The predicted octanol–water partition coefficient (Wildman–Crippen LogP) is 5.37. The number of phosphoric acid groups is 1. The smallest absolute Gasteiger partial charge is 0.493 e. The van der Waals surface area contributed by atoms with Crippen molar-refractivity contribution in [3.63, 3.8) is 0 Å². The van der Waals surface area contributed by atoms with Crippen molar-refractivity contribution in [1.29, 1.82) is 0 Å². The van der Waals surface area contributed by atoms with Crippen LogP contribution in [-0.2, 0) is 28.1 Å². The molecule has 0 heterocycles. The molecule has 2 aromatic rings. The summed E-state index contributed by atoms with van der Waals surface area (Å²) in [5, 5.41) is 0. The molecule has 0 saturated heterocycles. The molecule has 7 nitrogen and oxygen atoms in total. The normalized spacial score (nSPS) is 14.4. The first kappa shape index (κ1) is 29.9. The monoisotopic (exact) mass is 545 g/mol. The zero-order valence-electron chi connectivity index (χ0n) is 19.1. The van der Waals surface area contributed by atoms with E-state index in [2.05, 4.69) is 9.26 Å². The molecular formula is C22H26F6NO6P. The highest BCUT2D eigenvalue weighted by Gasteiger charge is 2.35. The van der Waals surface area contributed by atoms with Gasteiger partial charge in [0.1, 0.15) is 11.5 Å². The topological polar surface area (TPSA) is 111 Å². The molecule has 0 fully saturated rings. The van der Waals surface area contributed by atoms with Gasteiger partial charge in [-0.05, 0) is 68.0 Å². The molecule has 0 bridgehead atoms. The van der Waals surface area contributed by atoms with Crippen LogP contribution in [0.4, 0.5) is 26.3 Å². The maximum atomic E-state index is 13.6. The number of halogens is 6. The van der Waals surface area contributed by atoms with Gasteiger partial charge in [-0.1, -0.05) is 18.2 Å². The van der Waals surface area contributed by atoms with Crippen molar-refractivity contribution < 1.29 is 54.7 Å². The van der Waals surface area contributed by atoms with Crippen LogP contribution in [0.3, 0.4) is 0 Å². The van der Waals surface area contributed by atoms with Crippen molar-refractivity contribution >= 4 is 7.82 Å². The van der Waals surface area contributed by atoms with E-state index in [0.717, 1.165) is 18.2 Å². The molecular weight excluding hydrogens is 519 g/mol. The predicted molar refractivity (Wildman–Crippen MR) is 117 cm³/mol. The summed E-state index contributed by atoms with van der Waals surface area (Å²) in [7, 11) is -4.73. The van der Waals surface area contributed by atoms with Crippen molar-refractivity contribution in [3.05, 3.63) is 59.2 Å². The van der Waals surface area contributed by atoms with Crippen LogP contribution in [0.25, 0.3) is 0 Å². The first-order valence-electron chi connectivity index (χ1n) is 10.6. The Morgan fingerprint density at radius 2 is 1.56 bits per heavy atom. The number of nitrogens with two attached hydrogens (primary N) is 1. The van der Waals surface area contributed by atoms with E-state index in [4.69, 9.17) is 20.3 Å². The van der Waals surface area contributed by atoms with Crippen LogP contribution in [0.1, 0.15) is 36.5 Å². The lowest BCUT2D eigenvalue weighted by Crippen LogP contribution is -2.41. The Morgan fingerprint density at radius 1 is 0.944 bits per heavy atom. The molecule has 0 aliphatic rings. The minimum absolute atomic E-state index is 0.0657. The van der Waals surface area contributed by atoms with Crippen molar-refractivity contribution in [2.45, 2.75) is 50.7 Å². The molecule has 202 valence electrons.